The highest BCUT2D eigenvalue weighted by molar-refractivity contribution is 7.20. The van der Waals surface area contributed by atoms with E-state index in [0.29, 0.717) is 16.3 Å². The summed E-state index contributed by atoms with van der Waals surface area (Å²) in [6, 6.07) is 18.9. The van der Waals surface area contributed by atoms with Crippen LogP contribution in [-0.4, -0.2) is 21.6 Å². The molecule has 0 fully saturated rings. The number of anilines is 2. The second-order valence-corrected chi connectivity index (χ2v) is 8.37. The molecule has 4 rings (SSSR count). The van der Waals surface area contributed by atoms with E-state index in [2.05, 4.69) is 15.7 Å². The summed E-state index contributed by atoms with van der Waals surface area (Å²) in [6.45, 7) is 5.63. The lowest BCUT2D eigenvalue weighted by atomic mass is 10.2. The van der Waals surface area contributed by atoms with E-state index < -0.39 is 0 Å². The zero-order chi connectivity index (χ0) is 21.3. The molecule has 0 radical (unpaired) electrons. The first-order chi connectivity index (χ1) is 14.4. The molecule has 6 nitrogen and oxygen atoms in total. The molecule has 0 aliphatic rings. The minimum Gasteiger partial charge on any atom is -0.326 e. The maximum Gasteiger partial charge on any atom is 0.265 e. The molecule has 0 aliphatic heterocycles. The van der Waals surface area contributed by atoms with Crippen molar-refractivity contribution in [2.75, 3.05) is 10.6 Å². The number of thiophene rings is 1. The molecule has 0 aliphatic carbocycles. The molecule has 0 bridgehead atoms. The van der Waals surface area contributed by atoms with Crippen LogP contribution < -0.4 is 10.6 Å². The second-order valence-electron chi connectivity index (χ2n) is 7.34. The number of carbonyl (C=O) groups excluding carboxylic acids is 2. The Morgan fingerprint density at radius 3 is 2.23 bits per heavy atom. The molecular weight excluding hydrogens is 396 g/mol. The number of amides is 2. The first-order valence-corrected chi connectivity index (χ1v) is 10.5. The molecule has 2 aromatic heterocycles. The van der Waals surface area contributed by atoms with Crippen LogP contribution >= 0.6 is 11.3 Å². The van der Waals surface area contributed by atoms with Gasteiger partial charge in [0.15, 0.2) is 0 Å². The number of para-hydroxylation sites is 1. The minimum atomic E-state index is -0.172. The SMILES string of the molecule is Cc1nn(-c2ccccc2)c2sc(C(=O)Nc3ccc(NC(=O)C(C)C)cc3)cc12. The standard InChI is InChI=1S/C23H22N4O2S/c1-14(2)21(28)24-16-9-11-17(12-10-16)25-22(29)20-13-19-15(3)26-27(23(19)30-20)18-7-5-4-6-8-18/h4-14H,1-3H3,(H,24,28)(H,25,29). The highest BCUT2D eigenvalue weighted by atomic mass is 32.1. The van der Waals surface area contributed by atoms with Gasteiger partial charge in [0, 0.05) is 22.7 Å². The van der Waals surface area contributed by atoms with Gasteiger partial charge in [0.1, 0.15) is 4.83 Å². The molecule has 0 unspecified atom stereocenters. The number of nitrogens with zero attached hydrogens (tertiary/aromatic N) is 2. The summed E-state index contributed by atoms with van der Waals surface area (Å²) in [5.41, 5.74) is 3.21. The van der Waals surface area contributed by atoms with Crippen molar-refractivity contribution >= 4 is 44.7 Å². The van der Waals surface area contributed by atoms with Gasteiger partial charge in [-0.05, 0) is 49.4 Å². The van der Waals surface area contributed by atoms with Crippen molar-refractivity contribution in [3.63, 3.8) is 0 Å². The van der Waals surface area contributed by atoms with Gasteiger partial charge in [-0.3, -0.25) is 9.59 Å². The normalized spacial score (nSPS) is 11.1. The summed E-state index contributed by atoms with van der Waals surface area (Å²) >= 11 is 1.41. The monoisotopic (exact) mass is 418 g/mol. The van der Waals surface area contributed by atoms with Crippen molar-refractivity contribution < 1.29 is 9.59 Å². The number of benzene rings is 2. The first-order valence-electron chi connectivity index (χ1n) is 9.69. The summed E-state index contributed by atoms with van der Waals surface area (Å²) in [5.74, 6) is -0.304. The van der Waals surface area contributed by atoms with Crippen molar-refractivity contribution in [1.29, 1.82) is 0 Å². The quantitative estimate of drug-likeness (QED) is 0.465. The molecule has 0 atom stereocenters. The van der Waals surface area contributed by atoms with E-state index in [-0.39, 0.29) is 17.7 Å². The summed E-state index contributed by atoms with van der Waals surface area (Å²) in [4.78, 5) is 26.1. The van der Waals surface area contributed by atoms with Gasteiger partial charge in [-0.25, -0.2) is 4.68 Å². The molecule has 2 N–H and O–H groups in total. The fourth-order valence-corrected chi connectivity index (χ4v) is 4.10. The lowest BCUT2D eigenvalue weighted by Gasteiger charge is -2.09. The third kappa shape index (κ3) is 3.97. The molecule has 0 spiro atoms. The number of fused-ring (bicyclic) bond motifs is 1. The topological polar surface area (TPSA) is 76.0 Å². The zero-order valence-corrected chi connectivity index (χ0v) is 17.8. The zero-order valence-electron chi connectivity index (χ0n) is 17.0. The lowest BCUT2D eigenvalue weighted by molar-refractivity contribution is -0.118. The van der Waals surface area contributed by atoms with E-state index in [1.807, 2.05) is 61.9 Å². The molecule has 2 amide bonds. The predicted octanol–water partition coefficient (Wildman–Crippen LogP) is 5.24. The summed E-state index contributed by atoms with van der Waals surface area (Å²) in [6.07, 6.45) is 0. The van der Waals surface area contributed by atoms with Crippen LogP contribution in [-0.2, 0) is 4.79 Å². The summed E-state index contributed by atoms with van der Waals surface area (Å²) < 4.78 is 1.87. The Bertz CT molecular complexity index is 1210. The Morgan fingerprint density at radius 2 is 1.60 bits per heavy atom. The van der Waals surface area contributed by atoms with Crippen molar-refractivity contribution in [1.82, 2.24) is 9.78 Å². The smallest absolute Gasteiger partial charge is 0.265 e. The predicted molar refractivity (Wildman–Crippen MR) is 122 cm³/mol. The van der Waals surface area contributed by atoms with Gasteiger partial charge >= 0.3 is 0 Å². The van der Waals surface area contributed by atoms with Crippen molar-refractivity contribution in [3.05, 3.63) is 71.2 Å². The number of carbonyl (C=O) groups is 2. The van der Waals surface area contributed by atoms with Crippen LogP contribution in [0.1, 0.15) is 29.2 Å². The number of hydrogen-bond donors (Lipinski definition) is 2. The third-order valence-corrected chi connectivity index (χ3v) is 5.81. The van der Waals surface area contributed by atoms with E-state index in [4.69, 9.17) is 0 Å². The number of aromatic nitrogens is 2. The minimum absolute atomic E-state index is 0.0418. The summed E-state index contributed by atoms with van der Waals surface area (Å²) in [5, 5.41) is 11.3. The van der Waals surface area contributed by atoms with Crippen LogP contribution in [0.25, 0.3) is 15.9 Å². The van der Waals surface area contributed by atoms with Crippen LogP contribution in [0.5, 0.6) is 0 Å². The van der Waals surface area contributed by atoms with E-state index in [1.54, 1.807) is 24.3 Å². The van der Waals surface area contributed by atoms with Gasteiger partial charge in [-0.1, -0.05) is 32.0 Å². The van der Waals surface area contributed by atoms with Crippen molar-refractivity contribution in [2.24, 2.45) is 5.92 Å². The Morgan fingerprint density at radius 1 is 0.967 bits per heavy atom. The highest BCUT2D eigenvalue weighted by Crippen LogP contribution is 2.31. The number of nitrogens with one attached hydrogen (secondary N) is 2. The van der Waals surface area contributed by atoms with E-state index >= 15 is 0 Å². The van der Waals surface area contributed by atoms with Crippen LogP contribution in [0.2, 0.25) is 0 Å². The van der Waals surface area contributed by atoms with Crippen molar-refractivity contribution in [2.45, 2.75) is 20.8 Å². The van der Waals surface area contributed by atoms with Gasteiger partial charge in [0.25, 0.3) is 5.91 Å². The lowest BCUT2D eigenvalue weighted by Crippen LogP contribution is -2.17. The van der Waals surface area contributed by atoms with E-state index in [9.17, 15) is 9.59 Å². The number of rotatable bonds is 5. The number of aryl methyl sites for hydroxylation is 1. The average molecular weight is 419 g/mol. The molecule has 4 aromatic rings. The van der Waals surface area contributed by atoms with Crippen LogP contribution in [0.15, 0.2) is 60.7 Å². The van der Waals surface area contributed by atoms with Crippen LogP contribution in [0, 0.1) is 12.8 Å². The third-order valence-electron chi connectivity index (χ3n) is 4.70. The molecule has 2 heterocycles. The molecule has 7 heteroatoms. The van der Waals surface area contributed by atoms with Crippen LogP contribution in [0.4, 0.5) is 11.4 Å². The molecule has 0 saturated heterocycles. The molecule has 30 heavy (non-hydrogen) atoms. The van der Waals surface area contributed by atoms with E-state index in [0.717, 1.165) is 21.6 Å². The van der Waals surface area contributed by atoms with Crippen LogP contribution in [0.3, 0.4) is 0 Å². The van der Waals surface area contributed by atoms with Gasteiger partial charge in [-0.15, -0.1) is 11.3 Å². The van der Waals surface area contributed by atoms with Gasteiger partial charge in [0.2, 0.25) is 5.91 Å². The Kier molecular flexibility index (Phi) is 5.37. The number of hydrogen-bond acceptors (Lipinski definition) is 4. The average Bonchev–Trinajstić information content (AvgIpc) is 3.31. The second kappa shape index (κ2) is 8.12. The summed E-state index contributed by atoms with van der Waals surface area (Å²) in [7, 11) is 0. The highest BCUT2D eigenvalue weighted by Gasteiger charge is 2.17. The van der Waals surface area contributed by atoms with Gasteiger partial charge in [0.05, 0.1) is 16.3 Å². The van der Waals surface area contributed by atoms with E-state index in [1.165, 1.54) is 11.3 Å². The Labute approximate surface area is 178 Å². The molecule has 0 saturated carbocycles. The van der Waals surface area contributed by atoms with Crippen molar-refractivity contribution in [3.8, 4) is 5.69 Å². The largest absolute Gasteiger partial charge is 0.326 e. The fraction of sp³-hybridized carbons (Fsp3) is 0.174. The van der Waals surface area contributed by atoms with Gasteiger partial charge in [-0.2, -0.15) is 5.10 Å². The molecule has 152 valence electrons. The fourth-order valence-electron chi connectivity index (χ4n) is 3.02. The maximum absolute atomic E-state index is 12.8. The Balaban J connectivity index is 1.53. The Hall–Kier alpha value is -3.45. The first kappa shape index (κ1) is 19.8. The molecular formula is C23H22N4O2S. The van der Waals surface area contributed by atoms with Gasteiger partial charge < -0.3 is 10.6 Å². The maximum atomic E-state index is 12.8. The molecule has 2 aromatic carbocycles.